The highest BCUT2D eigenvalue weighted by Gasteiger charge is 2.09. The van der Waals surface area contributed by atoms with E-state index in [1.165, 1.54) is 0 Å². The van der Waals surface area contributed by atoms with E-state index in [9.17, 15) is 0 Å². The quantitative estimate of drug-likeness (QED) is 0.625. The molecule has 0 bridgehead atoms. The third kappa shape index (κ3) is 8.27. The van der Waals surface area contributed by atoms with Crippen LogP contribution in [0.25, 0.3) is 0 Å². The minimum Gasteiger partial charge on any atom is -0.317 e. The van der Waals surface area contributed by atoms with Gasteiger partial charge >= 0.3 is 0 Å². The van der Waals surface area contributed by atoms with E-state index in [1.807, 2.05) is 13.8 Å². The number of hydrogen-bond acceptors (Lipinski definition) is 3. The molecule has 0 rings (SSSR count). The molecule has 3 heteroatoms. The molecule has 0 saturated carbocycles. The van der Waals surface area contributed by atoms with Crippen LogP contribution in [0.5, 0.6) is 0 Å². The Balaban J connectivity index is 3.21. The Morgan fingerprint density at radius 1 is 1.40 bits per heavy atom. The number of thioether (sulfide) groups is 1. The van der Waals surface area contributed by atoms with Crippen LogP contribution in [-0.4, -0.2) is 36.2 Å². The van der Waals surface area contributed by atoms with Crippen molar-refractivity contribution in [3.05, 3.63) is 0 Å². The van der Waals surface area contributed by atoms with Crippen LogP contribution < -0.4 is 5.73 Å². The first-order valence-corrected chi connectivity index (χ1v) is 4.48. The predicted octanol–water partition coefficient (Wildman–Crippen LogP) is 0.976. The van der Waals surface area contributed by atoms with E-state index < -0.39 is 0 Å². The monoisotopic (exact) mass is 162 g/mol. The maximum Gasteiger partial charge on any atom is 0.0563 e. The van der Waals surface area contributed by atoms with E-state index in [-0.39, 0.29) is 4.87 Å². The van der Waals surface area contributed by atoms with Crippen molar-refractivity contribution in [3.63, 3.8) is 0 Å². The fraction of sp³-hybridized carbons (Fsp3) is 1.00. The summed E-state index contributed by atoms with van der Waals surface area (Å²) in [5.41, 5.74) is 5.77. The van der Waals surface area contributed by atoms with Gasteiger partial charge in [-0.05, 0) is 27.9 Å². The molecule has 62 valence electrons. The third-order valence-electron chi connectivity index (χ3n) is 1.01. The van der Waals surface area contributed by atoms with E-state index in [4.69, 9.17) is 5.73 Å². The van der Waals surface area contributed by atoms with Crippen molar-refractivity contribution >= 4 is 11.8 Å². The summed E-state index contributed by atoms with van der Waals surface area (Å²) in [5.74, 6) is 1.11. The van der Waals surface area contributed by atoms with E-state index in [0.29, 0.717) is 0 Å². The van der Waals surface area contributed by atoms with Gasteiger partial charge in [0.05, 0.1) is 4.87 Å². The molecule has 0 aromatic carbocycles. The largest absolute Gasteiger partial charge is 0.317 e. The first kappa shape index (κ1) is 10.3. The van der Waals surface area contributed by atoms with Gasteiger partial charge in [0.1, 0.15) is 0 Å². The minimum absolute atomic E-state index is 0.0734. The fourth-order valence-electron chi connectivity index (χ4n) is 0.491. The summed E-state index contributed by atoms with van der Waals surface area (Å²) in [4.78, 5) is 2.09. The summed E-state index contributed by atoms with van der Waals surface area (Å²) in [6.45, 7) is 5.17. The molecule has 0 unspecified atom stereocenters. The Bertz CT molecular complexity index is 86.1. The van der Waals surface area contributed by atoms with Crippen molar-refractivity contribution in [2.24, 2.45) is 5.73 Å². The van der Waals surface area contributed by atoms with Crippen molar-refractivity contribution in [3.8, 4) is 0 Å². The minimum atomic E-state index is -0.0734. The highest BCUT2D eigenvalue weighted by Crippen LogP contribution is 2.16. The zero-order valence-corrected chi connectivity index (χ0v) is 8.16. The first-order valence-electron chi connectivity index (χ1n) is 3.49. The molecule has 0 aliphatic carbocycles. The maximum absolute atomic E-state index is 5.77. The summed E-state index contributed by atoms with van der Waals surface area (Å²) in [7, 11) is 4.15. The Morgan fingerprint density at radius 3 is 2.20 bits per heavy atom. The SMILES string of the molecule is CN(C)CCSC(C)(C)N. The molecule has 0 radical (unpaired) electrons. The zero-order valence-electron chi connectivity index (χ0n) is 7.35. The maximum atomic E-state index is 5.77. The second-order valence-electron chi connectivity index (χ2n) is 3.26. The van der Waals surface area contributed by atoms with Crippen LogP contribution in [0.4, 0.5) is 0 Å². The van der Waals surface area contributed by atoms with Gasteiger partial charge < -0.3 is 10.6 Å². The van der Waals surface area contributed by atoms with Gasteiger partial charge in [-0.2, -0.15) is 0 Å². The average Bonchev–Trinajstić information content (AvgIpc) is 1.59. The van der Waals surface area contributed by atoms with E-state index in [2.05, 4.69) is 19.0 Å². The molecule has 0 aromatic heterocycles. The Morgan fingerprint density at radius 2 is 1.90 bits per heavy atom. The smallest absolute Gasteiger partial charge is 0.0563 e. The van der Waals surface area contributed by atoms with Crippen LogP contribution >= 0.6 is 11.8 Å². The molecular weight excluding hydrogens is 144 g/mol. The standard InChI is InChI=1S/C7H18N2S/c1-7(2,8)10-6-5-9(3)4/h5-6,8H2,1-4H3. The normalized spacial score (nSPS) is 12.6. The van der Waals surface area contributed by atoms with Gasteiger partial charge in [0.25, 0.3) is 0 Å². The molecule has 0 saturated heterocycles. The van der Waals surface area contributed by atoms with Crippen LogP contribution in [-0.2, 0) is 0 Å². The van der Waals surface area contributed by atoms with Gasteiger partial charge in [-0.15, -0.1) is 11.8 Å². The summed E-state index contributed by atoms with van der Waals surface area (Å²) < 4.78 is 0. The lowest BCUT2D eigenvalue weighted by Crippen LogP contribution is -2.29. The van der Waals surface area contributed by atoms with Crippen molar-refractivity contribution in [2.75, 3.05) is 26.4 Å². The average molecular weight is 162 g/mol. The molecule has 2 N–H and O–H groups in total. The second-order valence-corrected chi connectivity index (χ2v) is 5.00. The van der Waals surface area contributed by atoms with Gasteiger partial charge in [-0.1, -0.05) is 0 Å². The lowest BCUT2D eigenvalue weighted by atomic mass is 10.4. The fourth-order valence-corrected chi connectivity index (χ4v) is 1.47. The topological polar surface area (TPSA) is 29.3 Å². The van der Waals surface area contributed by atoms with Crippen LogP contribution in [0, 0.1) is 0 Å². The molecular formula is C7H18N2S. The lowest BCUT2D eigenvalue weighted by Gasteiger charge is -2.18. The Hall–Kier alpha value is 0.270. The number of nitrogens with two attached hydrogens (primary N) is 1. The molecule has 10 heavy (non-hydrogen) atoms. The molecule has 0 amide bonds. The summed E-state index contributed by atoms with van der Waals surface area (Å²) in [6, 6.07) is 0. The molecule has 0 heterocycles. The van der Waals surface area contributed by atoms with Crippen molar-refractivity contribution < 1.29 is 0 Å². The van der Waals surface area contributed by atoms with Gasteiger partial charge in [0.15, 0.2) is 0 Å². The van der Waals surface area contributed by atoms with Gasteiger partial charge in [0.2, 0.25) is 0 Å². The number of hydrogen-bond donors (Lipinski definition) is 1. The highest BCUT2D eigenvalue weighted by molar-refractivity contribution is 8.00. The van der Waals surface area contributed by atoms with Crippen LogP contribution in [0.2, 0.25) is 0 Å². The van der Waals surface area contributed by atoms with Crippen LogP contribution in [0.1, 0.15) is 13.8 Å². The van der Waals surface area contributed by atoms with Crippen molar-refractivity contribution in [1.29, 1.82) is 0 Å². The Labute approximate surface area is 68.2 Å². The number of rotatable bonds is 4. The van der Waals surface area contributed by atoms with Gasteiger partial charge in [-0.3, -0.25) is 0 Å². The molecule has 0 fully saturated rings. The van der Waals surface area contributed by atoms with Crippen molar-refractivity contribution in [1.82, 2.24) is 4.90 Å². The van der Waals surface area contributed by atoms with E-state index in [0.717, 1.165) is 12.3 Å². The first-order chi connectivity index (χ1) is 4.42. The molecule has 0 aliphatic heterocycles. The summed E-state index contributed by atoms with van der Waals surface area (Å²) in [6.07, 6.45) is 0. The molecule has 0 aliphatic rings. The second kappa shape index (κ2) is 4.21. The molecule has 0 aromatic rings. The lowest BCUT2D eigenvalue weighted by molar-refractivity contribution is 0.437. The molecule has 2 nitrogen and oxygen atoms in total. The molecule has 0 spiro atoms. The summed E-state index contributed by atoms with van der Waals surface area (Å²) >= 11 is 1.80. The third-order valence-corrected chi connectivity index (χ3v) is 2.14. The van der Waals surface area contributed by atoms with Crippen molar-refractivity contribution in [2.45, 2.75) is 18.7 Å². The van der Waals surface area contributed by atoms with E-state index >= 15 is 0 Å². The van der Waals surface area contributed by atoms with Gasteiger partial charge in [0, 0.05) is 12.3 Å². The highest BCUT2D eigenvalue weighted by atomic mass is 32.2. The Kier molecular flexibility index (Phi) is 4.32. The summed E-state index contributed by atoms with van der Waals surface area (Å²) in [5, 5.41) is 0. The zero-order chi connectivity index (χ0) is 8.20. The predicted molar refractivity (Wildman–Crippen MR) is 49.3 cm³/mol. The van der Waals surface area contributed by atoms with Crippen LogP contribution in [0.3, 0.4) is 0 Å². The van der Waals surface area contributed by atoms with E-state index in [1.54, 1.807) is 11.8 Å². The van der Waals surface area contributed by atoms with Crippen LogP contribution in [0.15, 0.2) is 0 Å². The number of nitrogens with zero attached hydrogens (tertiary/aromatic N) is 1. The molecule has 0 atom stereocenters. The van der Waals surface area contributed by atoms with Gasteiger partial charge in [-0.25, -0.2) is 0 Å².